The van der Waals surface area contributed by atoms with E-state index in [9.17, 15) is 9.59 Å². The molecule has 2 amide bonds. The topological polar surface area (TPSA) is 80.3 Å². The van der Waals surface area contributed by atoms with Gasteiger partial charge in [-0.1, -0.05) is 29.5 Å². The lowest BCUT2D eigenvalue weighted by Gasteiger charge is -2.06. The SMILES string of the molecule is COc1cccc2sc(NC(=O)c3cccc(NC(=O)c4cccs4)c3)nc12. The first-order valence-corrected chi connectivity index (χ1v) is 10.0. The van der Waals surface area contributed by atoms with Crippen LogP contribution in [0.15, 0.2) is 60.0 Å². The zero-order chi connectivity index (χ0) is 19.5. The van der Waals surface area contributed by atoms with E-state index in [2.05, 4.69) is 15.6 Å². The van der Waals surface area contributed by atoms with Gasteiger partial charge >= 0.3 is 0 Å². The van der Waals surface area contributed by atoms with Crippen LogP contribution in [0.25, 0.3) is 10.2 Å². The highest BCUT2D eigenvalue weighted by Crippen LogP contribution is 2.32. The second kappa shape index (κ2) is 7.79. The number of carbonyl (C=O) groups is 2. The largest absolute Gasteiger partial charge is 0.494 e. The number of hydrogen-bond acceptors (Lipinski definition) is 6. The highest BCUT2D eigenvalue weighted by molar-refractivity contribution is 7.22. The minimum Gasteiger partial charge on any atom is -0.494 e. The normalized spacial score (nSPS) is 10.6. The summed E-state index contributed by atoms with van der Waals surface area (Å²) in [5.74, 6) is 0.156. The molecule has 2 aromatic heterocycles. The van der Waals surface area contributed by atoms with Crippen molar-refractivity contribution in [1.29, 1.82) is 0 Å². The third-order valence-corrected chi connectivity index (χ3v) is 5.75. The summed E-state index contributed by atoms with van der Waals surface area (Å²) in [6.45, 7) is 0. The maximum atomic E-state index is 12.6. The van der Waals surface area contributed by atoms with E-state index >= 15 is 0 Å². The first-order chi connectivity index (χ1) is 13.6. The number of rotatable bonds is 5. The van der Waals surface area contributed by atoms with Gasteiger partial charge in [0.05, 0.1) is 16.7 Å². The highest BCUT2D eigenvalue weighted by atomic mass is 32.1. The van der Waals surface area contributed by atoms with E-state index in [1.807, 2.05) is 29.6 Å². The van der Waals surface area contributed by atoms with Crippen LogP contribution in [0.3, 0.4) is 0 Å². The first kappa shape index (κ1) is 18.1. The molecule has 140 valence electrons. The van der Waals surface area contributed by atoms with E-state index in [0.29, 0.717) is 32.5 Å². The van der Waals surface area contributed by atoms with Crippen LogP contribution in [-0.4, -0.2) is 23.9 Å². The molecule has 0 fully saturated rings. The molecule has 6 nitrogen and oxygen atoms in total. The van der Waals surface area contributed by atoms with E-state index in [-0.39, 0.29) is 11.8 Å². The van der Waals surface area contributed by atoms with Gasteiger partial charge < -0.3 is 10.1 Å². The minimum atomic E-state index is -0.301. The second-order valence-electron chi connectivity index (χ2n) is 5.79. The summed E-state index contributed by atoms with van der Waals surface area (Å²) in [5.41, 5.74) is 1.69. The number of carbonyl (C=O) groups excluding carboxylic acids is 2. The van der Waals surface area contributed by atoms with Gasteiger partial charge in [-0.05, 0) is 41.8 Å². The smallest absolute Gasteiger partial charge is 0.265 e. The Balaban J connectivity index is 1.51. The number of methoxy groups -OCH3 is 1. The third kappa shape index (κ3) is 3.73. The zero-order valence-electron chi connectivity index (χ0n) is 14.8. The molecule has 0 atom stereocenters. The monoisotopic (exact) mass is 409 g/mol. The Morgan fingerprint density at radius 2 is 1.86 bits per heavy atom. The lowest BCUT2D eigenvalue weighted by atomic mass is 10.2. The second-order valence-corrected chi connectivity index (χ2v) is 7.77. The Bertz CT molecular complexity index is 1150. The number of amides is 2. The number of thiophene rings is 1. The fraction of sp³-hybridized carbons (Fsp3) is 0.0500. The zero-order valence-corrected chi connectivity index (χ0v) is 16.4. The fourth-order valence-corrected chi connectivity index (χ4v) is 4.15. The van der Waals surface area contributed by atoms with Crippen molar-refractivity contribution in [2.45, 2.75) is 0 Å². The number of ether oxygens (including phenoxy) is 1. The van der Waals surface area contributed by atoms with Crippen molar-refractivity contribution in [3.8, 4) is 5.75 Å². The Labute approximate surface area is 168 Å². The van der Waals surface area contributed by atoms with Gasteiger partial charge in [0.2, 0.25) is 0 Å². The molecule has 8 heteroatoms. The molecule has 0 aliphatic rings. The van der Waals surface area contributed by atoms with Crippen molar-refractivity contribution in [3.05, 3.63) is 70.4 Å². The van der Waals surface area contributed by atoms with Crippen LogP contribution < -0.4 is 15.4 Å². The number of nitrogens with zero attached hydrogens (tertiary/aromatic N) is 1. The Kier molecular flexibility index (Phi) is 5.05. The van der Waals surface area contributed by atoms with Gasteiger partial charge in [0.15, 0.2) is 5.13 Å². The number of anilines is 2. The molecule has 0 bridgehead atoms. The summed E-state index contributed by atoms with van der Waals surface area (Å²) >= 11 is 2.73. The van der Waals surface area contributed by atoms with Crippen molar-refractivity contribution < 1.29 is 14.3 Å². The molecule has 0 aliphatic heterocycles. The molecule has 4 aromatic rings. The number of nitrogens with one attached hydrogen (secondary N) is 2. The average molecular weight is 409 g/mol. The summed E-state index contributed by atoms with van der Waals surface area (Å²) < 4.78 is 6.23. The summed E-state index contributed by atoms with van der Waals surface area (Å²) in [4.78, 5) is 29.9. The van der Waals surface area contributed by atoms with Gasteiger partial charge in [-0.15, -0.1) is 11.3 Å². The molecule has 0 aliphatic carbocycles. The van der Waals surface area contributed by atoms with Crippen LogP contribution in [0.1, 0.15) is 20.0 Å². The van der Waals surface area contributed by atoms with E-state index in [4.69, 9.17) is 4.74 Å². The predicted octanol–water partition coefficient (Wildman–Crippen LogP) is 4.87. The van der Waals surface area contributed by atoms with E-state index < -0.39 is 0 Å². The quantitative estimate of drug-likeness (QED) is 0.493. The summed E-state index contributed by atoms with van der Waals surface area (Å²) in [5, 5.41) is 7.93. The molecule has 0 radical (unpaired) electrons. The Morgan fingerprint density at radius 1 is 1.00 bits per heavy atom. The number of fused-ring (bicyclic) bond motifs is 1. The molecule has 0 spiro atoms. The van der Waals surface area contributed by atoms with Gasteiger partial charge in [-0.25, -0.2) is 4.98 Å². The van der Waals surface area contributed by atoms with Crippen molar-refractivity contribution in [2.75, 3.05) is 17.7 Å². The molecule has 28 heavy (non-hydrogen) atoms. The maximum Gasteiger partial charge on any atom is 0.265 e. The van der Waals surface area contributed by atoms with Gasteiger partial charge in [0.25, 0.3) is 11.8 Å². The number of thiazole rings is 1. The maximum absolute atomic E-state index is 12.6. The van der Waals surface area contributed by atoms with Crippen LogP contribution in [0.4, 0.5) is 10.8 Å². The summed E-state index contributed by atoms with van der Waals surface area (Å²) in [6.07, 6.45) is 0. The van der Waals surface area contributed by atoms with Crippen LogP contribution >= 0.6 is 22.7 Å². The van der Waals surface area contributed by atoms with Crippen LogP contribution in [0.2, 0.25) is 0 Å². The van der Waals surface area contributed by atoms with Gasteiger partial charge in [-0.2, -0.15) is 0 Å². The molecule has 2 heterocycles. The minimum absolute atomic E-state index is 0.203. The molecule has 0 saturated heterocycles. The summed E-state index contributed by atoms with van der Waals surface area (Å²) in [6, 6.07) is 16.0. The van der Waals surface area contributed by atoms with Crippen molar-refractivity contribution >= 4 is 55.5 Å². The third-order valence-electron chi connectivity index (χ3n) is 3.95. The predicted molar refractivity (Wildman–Crippen MR) is 113 cm³/mol. The van der Waals surface area contributed by atoms with Gasteiger partial charge in [0.1, 0.15) is 11.3 Å². The number of para-hydroxylation sites is 1. The number of aromatic nitrogens is 1. The van der Waals surface area contributed by atoms with Crippen molar-refractivity contribution in [3.63, 3.8) is 0 Å². The Hall–Kier alpha value is -3.23. The number of benzene rings is 2. The molecule has 0 unspecified atom stereocenters. The Morgan fingerprint density at radius 3 is 2.64 bits per heavy atom. The molecule has 0 saturated carbocycles. The molecule has 4 rings (SSSR count). The molecular weight excluding hydrogens is 394 g/mol. The molecule has 2 N–H and O–H groups in total. The van der Waals surface area contributed by atoms with Crippen molar-refractivity contribution in [2.24, 2.45) is 0 Å². The lowest BCUT2D eigenvalue weighted by molar-refractivity contribution is 0.101. The standard InChI is InChI=1S/C20H15N3O3S2/c1-26-14-7-3-8-15-17(14)22-20(28-15)23-18(24)12-5-2-6-13(11-12)21-19(25)16-9-4-10-27-16/h2-11H,1H3,(H,21,25)(H,22,23,24). The fourth-order valence-electron chi connectivity index (χ4n) is 2.65. The van der Waals surface area contributed by atoms with Crippen LogP contribution in [0, 0.1) is 0 Å². The van der Waals surface area contributed by atoms with E-state index in [0.717, 1.165) is 4.70 Å². The van der Waals surface area contributed by atoms with E-state index in [1.165, 1.54) is 22.7 Å². The highest BCUT2D eigenvalue weighted by Gasteiger charge is 2.13. The van der Waals surface area contributed by atoms with Gasteiger partial charge in [-0.3, -0.25) is 14.9 Å². The average Bonchev–Trinajstić information content (AvgIpc) is 3.37. The molecule has 2 aromatic carbocycles. The van der Waals surface area contributed by atoms with E-state index in [1.54, 1.807) is 37.4 Å². The van der Waals surface area contributed by atoms with Crippen molar-refractivity contribution in [1.82, 2.24) is 4.98 Å². The first-order valence-electron chi connectivity index (χ1n) is 8.34. The summed E-state index contributed by atoms with van der Waals surface area (Å²) in [7, 11) is 1.59. The van der Waals surface area contributed by atoms with Crippen LogP contribution in [0.5, 0.6) is 5.75 Å². The lowest BCUT2D eigenvalue weighted by Crippen LogP contribution is -2.14. The number of hydrogen-bond donors (Lipinski definition) is 2. The van der Waals surface area contributed by atoms with Crippen LogP contribution in [-0.2, 0) is 0 Å². The van der Waals surface area contributed by atoms with Gasteiger partial charge in [0, 0.05) is 11.3 Å². The molecular formula is C20H15N3O3S2.